The van der Waals surface area contributed by atoms with Crippen LogP contribution in [0.2, 0.25) is 0 Å². The zero-order valence-corrected chi connectivity index (χ0v) is 13.0. The quantitative estimate of drug-likeness (QED) is 0.622. The highest BCUT2D eigenvalue weighted by Crippen LogP contribution is 2.18. The lowest BCUT2D eigenvalue weighted by Crippen LogP contribution is -2.01. The van der Waals surface area contributed by atoms with Gasteiger partial charge in [-0.25, -0.2) is 14.4 Å². The Morgan fingerprint density at radius 3 is 2.68 bits per heavy atom. The number of imidazole rings is 1. The molecule has 0 bridgehead atoms. The summed E-state index contributed by atoms with van der Waals surface area (Å²) in [4.78, 5) is 22.5. The van der Waals surface area contributed by atoms with Crippen molar-refractivity contribution in [3.05, 3.63) is 83.1 Å². The van der Waals surface area contributed by atoms with Gasteiger partial charge in [0.1, 0.15) is 18.2 Å². The number of H-pyrrole nitrogens is 1. The molecular formula is C18H13FN4O2. The molecule has 7 heteroatoms. The van der Waals surface area contributed by atoms with Gasteiger partial charge >= 0.3 is 0 Å². The summed E-state index contributed by atoms with van der Waals surface area (Å²) in [5.41, 5.74) is 2.26. The number of ether oxygens (including phenoxy) is 1. The van der Waals surface area contributed by atoms with Crippen molar-refractivity contribution in [1.82, 2.24) is 19.4 Å². The molecule has 0 aliphatic carbocycles. The molecule has 0 aliphatic rings. The molecule has 3 aromatic heterocycles. The van der Waals surface area contributed by atoms with Crippen LogP contribution in [0.3, 0.4) is 0 Å². The average Bonchev–Trinajstić information content (AvgIpc) is 3.04. The van der Waals surface area contributed by atoms with Gasteiger partial charge in [0.25, 0.3) is 0 Å². The monoisotopic (exact) mass is 336 g/mol. The summed E-state index contributed by atoms with van der Waals surface area (Å²) in [5, 5.41) is 0. The Kier molecular flexibility index (Phi) is 3.74. The number of fused-ring (bicyclic) bond motifs is 1. The first kappa shape index (κ1) is 15.1. The van der Waals surface area contributed by atoms with E-state index in [1.165, 1.54) is 18.2 Å². The zero-order chi connectivity index (χ0) is 17.2. The number of nitrogens with zero attached hydrogens (tertiary/aromatic N) is 3. The van der Waals surface area contributed by atoms with Crippen molar-refractivity contribution in [3.63, 3.8) is 0 Å². The van der Waals surface area contributed by atoms with Crippen LogP contribution in [0.15, 0.2) is 66.0 Å². The first-order valence-corrected chi connectivity index (χ1v) is 7.58. The van der Waals surface area contributed by atoms with Crippen LogP contribution < -0.4 is 10.3 Å². The Morgan fingerprint density at radius 1 is 1.08 bits per heavy atom. The second-order valence-corrected chi connectivity index (χ2v) is 5.47. The first-order chi connectivity index (χ1) is 12.2. The molecule has 124 valence electrons. The van der Waals surface area contributed by atoms with E-state index < -0.39 is 0 Å². The number of benzene rings is 1. The van der Waals surface area contributed by atoms with Crippen molar-refractivity contribution in [2.75, 3.05) is 0 Å². The van der Waals surface area contributed by atoms with Crippen molar-refractivity contribution in [2.24, 2.45) is 0 Å². The van der Waals surface area contributed by atoms with E-state index in [2.05, 4.69) is 15.0 Å². The number of aromatic amines is 1. The molecule has 0 saturated carbocycles. The van der Waals surface area contributed by atoms with Crippen LogP contribution in [0.4, 0.5) is 4.39 Å². The second-order valence-electron chi connectivity index (χ2n) is 5.47. The van der Waals surface area contributed by atoms with E-state index in [1.807, 2.05) is 12.4 Å². The smallest absolute Gasteiger partial charge is 0.247 e. The van der Waals surface area contributed by atoms with Crippen LogP contribution in [-0.4, -0.2) is 19.4 Å². The SMILES string of the molecule is O=c1ccc(-c2cnc3nc(COc4ccc(F)cc4)cn3c2)c[nH]1. The van der Waals surface area contributed by atoms with Gasteiger partial charge < -0.3 is 9.72 Å². The van der Waals surface area contributed by atoms with E-state index in [0.29, 0.717) is 17.2 Å². The molecule has 0 spiro atoms. The fourth-order valence-corrected chi connectivity index (χ4v) is 2.43. The van der Waals surface area contributed by atoms with Crippen LogP contribution in [0.1, 0.15) is 5.69 Å². The second kappa shape index (κ2) is 6.20. The maximum Gasteiger partial charge on any atom is 0.247 e. The molecule has 0 aliphatic heterocycles. The molecule has 6 nitrogen and oxygen atoms in total. The summed E-state index contributed by atoms with van der Waals surface area (Å²) in [6.07, 6.45) is 7.03. The number of aromatic nitrogens is 4. The van der Waals surface area contributed by atoms with Crippen LogP contribution in [0, 0.1) is 5.82 Å². The van der Waals surface area contributed by atoms with Gasteiger partial charge in [-0.15, -0.1) is 0 Å². The zero-order valence-electron chi connectivity index (χ0n) is 13.0. The van der Waals surface area contributed by atoms with E-state index in [4.69, 9.17) is 4.74 Å². The number of hydrogen-bond donors (Lipinski definition) is 1. The third kappa shape index (κ3) is 3.25. The number of rotatable bonds is 4. The molecule has 0 saturated heterocycles. The summed E-state index contributed by atoms with van der Waals surface area (Å²) < 4.78 is 20.3. The van der Waals surface area contributed by atoms with Crippen molar-refractivity contribution < 1.29 is 9.13 Å². The van der Waals surface area contributed by atoms with Gasteiger partial charge in [-0.2, -0.15) is 0 Å². The van der Waals surface area contributed by atoms with Gasteiger partial charge in [0.2, 0.25) is 11.3 Å². The molecular weight excluding hydrogens is 323 g/mol. The Labute approximate surface area is 141 Å². The predicted molar refractivity (Wildman–Crippen MR) is 89.8 cm³/mol. The molecule has 4 aromatic rings. The Hall–Kier alpha value is -3.48. The molecule has 0 unspecified atom stereocenters. The maximum absolute atomic E-state index is 12.9. The Bertz CT molecular complexity index is 1070. The standard InChI is InChI=1S/C18H13FN4O2/c19-14-2-4-16(5-3-14)25-11-15-10-23-9-13(8-21-18(23)22-15)12-1-6-17(24)20-7-12/h1-10H,11H2,(H,20,24). The molecule has 1 aromatic carbocycles. The topological polar surface area (TPSA) is 72.3 Å². The summed E-state index contributed by atoms with van der Waals surface area (Å²) in [6, 6.07) is 9.02. The summed E-state index contributed by atoms with van der Waals surface area (Å²) in [7, 11) is 0. The van der Waals surface area contributed by atoms with Gasteiger partial charge in [-0.1, -0.05) is 0 Å². The van der Waals surface area contributed by atoms with Crippen molar-refractivity contribution >= 4 is 5.78 Å². The fraction of sp³-hybridized carbons (Fsp3) is 0.0556. The molecule has 0 atom stereocenters. The maximum atomic E-state index is 12.9. The molecule has 0 amide bonds. The van der Waals surface area contributed by atoms with Crippen LogP contribution in [0.25, 0.3) is 16.9 Å². The number of nitrogens with one attached hydrogen (secondary N) is 1. The van der Waals surface area contributed by atoms with Gasteiger partial charge in [-0.3, -0.25) is 9.20 Å². The van der Waals surface area contributed by atoms with E-state index in [9.17, 15) is 9.18 Å². The molecule has 0 fully saturated rings. The van der Waals surface area contributed by atoms with Crippen molar-refractivity contribution in [3.8, 4) is 16.9 Å². The third-order valence-corrected chi connectivity index (χ3v) is 3.68. The minimum absolute atomic E-state index is 0.152. The predicted octanol–water partition coefficient (Wildman–Crippen LogP) is 2.80. The summed E-state index contributed by atoms with van der Waals surface area (Å²) in [6.45, 7) is 0.253. The highest BCUT2D eigenvalue weighted by atomic mass is 19.1. The fourth-order valence-electron chi connectivity index (χ4n) is 2.43. The van der Waals surface area contributed by atoms with E-state index in [0.717, 1.165) is 11.1 Å². The Morgan fingerprint density at radius 2 is 1.92 bits per heavy atom. The third-order valence-electron chi connectivity index (χ3n) is 3.68. The first-order valence-electron chi connectivity index (χ1n) is 7.58. The molecule has 3 heterocycles. The van der Waals surface area contributed by atoms with E-state index in [-0.39, 0.29) is 18.0 Å². The normalized spacial score (nSPS) is 10.9. The van der Waals surface area contributed by atoms with Crippen LogP contribution >= 0.6 is 0 Å². The minimum Gasteiger partial charge on any atom is -0.487 e. The van der Waals surface area contributed by atoms with Gasteiger partial charge in [-0.05, 0) is 30.3 Å². The summed E-state index contributed by atoms with van der Waals surface area (Å²) in [5.74, 6) is 0.810. The van der Waals surface area contributed by atoms with Gasteiger partial charge in [0, 0.05) is 42.0 Å². The number of pyridine rings is 1. The van der Waals surface area contributed by atoms with Crippen molar-refractivity contribution in [1.29, 1.82) is 0 Å². The van der Waals surface area contributed by atoms with E-state index in [1.54, 1.807) is 35.0 Å². The number of hydrogen-bond acceptors (Lipinski definition) is 4. The molecule has 1 N–H and O–H groups in total. The lowest BCUT2D eigenvalue weighted by atomic mass is 10.1. The largest absolute Gasteiger partial charge is 0.487 e. The van der Waals surface area contributed by atoms with Crippen LogP contribution in [0.5, 0.6) is 5.75 Å². The van der Waals surface area contributed by atoms with Gasteiger partial charge in [0.15, 0.2) is 0 Å². The lowest BCUT2D eigenvalue weighted by molar-refractivity contribution is 0.301. The van der Waals surface area contributed by atoms with Crippen molar-refractivity contribution in [2.45, 2.75) is 6.61 Å². The highest BCUT2D eigenvalue weighted by Gasteiger charge is 2.06. The highest BCUT2D eigenvalue weighted by molar-refractivity contribution is 5.61. The average molecular weight is 336 g/mol. The molecule has 25 heavy (non-hydrogen) atoms. The summed E-state index contributed by atoms with van der Waals surface area (Å²) >= 11 is 0. The van der Waals surface area contributed by atoms with E-state index >= 15 is 0 Å². The van der Waals surface area contributed by atoms with Crippen LogP contribution in [-0.2, 0) is 6.61 Å². The Balaban J connectivity index is 1.56. The molecule has 4 rings (SSSR count). The minimum atomic E-state index is -0.306. The van der Waals surface area contributed by atoms with Gasteiger partial charge in [0.05, 0.1) is 5.69 Å². The lowest BCUT2D eigenvalue weighted by Gasteiger charge is -2.02. The molecule has 0 radical (unpaired) electrons. The number of halogens is 1.